The molecule has 8 aliphatic rings. The molecule has 1 aromatic rings. The van der Waals surface area contributed by atoms with Crippen LogP contribution in [-0.2, 0) is 0 Å². The normalized spacial score (nSPS) is 28.3. The number of nitrogens with zero attached hydrogens (tertiary/aromatic N) is 2. The first-order valence-corrected chi connectivity index (χ1v) is 27.7. The number of fused-ring (bicyclic) bond motifs is 2. The molecule has 0 radical (unpaired) electrons. The minimum Gasteiger partial charge on any atom is -0.337 e. The molecule has 6 atom stereocenters. The van der Waals surface area contributed by atoms with E-state index < -0.39 is 0 Å². The molecule has 2 heteroatoms. The minimum atomic E-state index is 0.117. The predicted octanol–water partition coefficient (Wildman–Crippen LogP) is 16.5. The summed E-state index contributed by atoms with van der Waals surface area (Å²) in [4.78, 5) is 5.75. The van der Waals surface area contributed by atoms with Crippen LogP contribution in [0.25, 0.3) is 11.4 Å². The second-order valence-corrected chi connectivity index (χ2v) is 26.6. The summed E-state index contributed by atoms with van der Waals surface area (Å²) >= 11 is 0. The molecule has 0 amide bonds. The molecule has 0 aliphatic heterocycles. The van der Waals surface area contributed by atoms with E-state index in [4.69, 9.17) is 0 Å². The first-order valence-electron chi connectivity index (χ1n) is 27.7. The molecule has 8 aliphatic carbocycles. The Morgan fingerprint density at radius 2 is 0.926 bits per heavy atom. The van der Waals surface area contributed by atoms with E-state index in [1.807, 2.05) is 0 Å². The Hall–Kier alpha value is -4.04. The summed E-state index contributed by atoms with van der Waals surface area (Å²) in [7, 11) is 0. The smallest absolute Gasteiger partial charge is 0.0557 e. The molecule has 1 aromatic carbocycles. The second-order valence-electron chi connectivity index (χ2n) is 26.6. The molecule has 0 spiro atoms. The Bertz CT molecular complexity index is 2490. The average Bonchev–Trinajstić information content (AvgIpc) is 3.32. The molecule has 6 unspecified atom stereocenters. The van der Waals surface area contributed by atoms with Crippen LogP contribution >= 0.6 is 0 Å². The van der Waals surface area contributed by atoms with Gasteiger partial charge in [-0.3, -0.25) is 0 Å². The van der Waals surface area contributed by atoms with Crippen LogP contribution in [0.5, 0.6) is 0 Å². The fourth-order valence-electron chi connectivity index (χ4n) is 13.1. The Labute approximate surface area is 415 Å². The molecule has 68 heavy (non-hydrogen) atoms. The zero-order chi connectivity index (χ0) is 48.2. The monoisotopic (exact) mass is 911 g/mol. The molecular formula is C66H90N2. The Balaban J connectivity index is 1.33. The van der Waals surface area contributed by atoms with Crippen molar-refractivity contribution in [2.24, 2.45) is 51.2 Å². The van der Waals surface area contributed by atoms with Crippen LogP contribution in [0, 0.1) is 51.2 Å². The van der Waals surface area contributed by atoms with E-state index in [2.05, 4.69) is 202 Å². The van der Waals surface area contributed by atoms with Gasteiger partial charge in [-0.05, 0) is 137 Å². The Morgan fingerprint density at radius 3 is 1.35 bits per heavy atom. The van der Waals surface area contributed by atoms with Gasteiger partial charge in [0.05, 0.1) is 12.1 Å². The van der Waals surface area contributed by atoms with Crippen molar-refractivity contribution in [3.63, 3.8) is 0 Å². The summed E-state index contributed by atoms with van der Waals surface area (Å²) in [6.07, 6.45) is 56.3. The first kappa shape index (κ1) is 49.0. The summed E-state index contributed by atoms with van der Waals surface area (Å²) in [5, 5.41) is 2.92. The molecule has 2 fully saturated rings. The lowest BCUT2D eigenvalue weighted by Crippen LogP contribution is -2.52. The summed E-state index contributed by atoms with van der Waals surface area (Å²) in [6.45, 7) is 28.7. The lowest BCUT2D eigenvalue weighted by Gasteiger charge is -2.48. The molecule has 364 valence electrons. The number of allylic oxidation sites excluding steroid dienone is 12. The summed E-state index contributed by atoms with van der Waals surface area (Å²) in [5.41, 5.74) is 12.5. The molecule has 0 saturated heterocycles. The fraction of sp³-hybridized carbons (Fsp3) is 0.576. The third-order valence-corrected chi connectivity index (χ3v) is 17.6. The predicted molar refractivity (Wildman–Crippen MR) is 293 cm³/mol. The number of benzene rings is 1. The average molecular weight is 911 g/mol. The lowest BCUT2D eigenvalue weighted by atomic mass is 9.71. The molecule has 2 nitrogen and oxygen atoms in total. The van der Waals surface area contributed by atoms with Crippen LogP contribution < -0.4 is 10.4 Å². The zero-order valence-corrected chi connectivity index (χ0v) is 44.8. The van der Waals surface area contributed by atoms with Gasteiger partial charge in [0, 0.05) is 45.1 Å². The largest absolute Gasteiger partial charge is 0.337 e. The second kappa shape index (κ2) is 19.3. The number of hydrogen-bond acceptors (Lipinski definition) is 2. The van der Waals surface area contributed by atoms with Crippen LogP contribution in [0.3, 0.4) is 0 Å². The van der Waals surface area contributed by atoms with Gasteiger partial charge in [-0.15, -0.1) is 0 Å². The van der Waals surface area contributed by atoms with Gasteiger partial charge >= 0.3 is 0 Å². The van der Waals surface area contributed by atoms with Crippen molar-refractivity contribution in [3.05, 3.63) is 153 Å². The van der Waals surface area contributed by atoms with Crippen LogP contribution in [0.4, 0.5) is 0 Å². The molecule has 2 saturated carbocycles. The van der Waals surface area contributed by atoms with E-state index in [1.54, 1.807) is 11.1 Å². The van der Waals surface area contributed by atoms with Crippen molar-refractivity contribution in [3.8, 4) is 0 Å². The van der Waals surface area contributed by atoms with E-state index in [-0.39, 0.29) is 45.6 Å². The maximum Gasteiger partial charge on any atom is 0.0557 e. The summed E-state index contributed by atoms with van der Waals surface area (Å²) in [5.74, 6) is 2.68. The van der Waals surface area contributed by atoms with Gasteiger partial charge in [0.25, 0.3) is 0 Å². The Morgan fingerprint density at radius 1 is 0.441 bits per heavy atom. The standard InChI is InChI=1S/C66H90N2/c1-63(2,3)49-25-33-53(34-26-49)67(54-35-27-50(28-36-54)64(4,5)6)61-57-41-23-48(46-21-17-14-18-22-46)44-60(57)62(58-42-24-47(43-59(58)61)45-19-15-13-16-20-45)68(55-37-29-51(30-38-55)65(7,8)9)56-39-31-52(32-40-56)66(10,11)12/h23-27,29-31,33,35-37,39-46,50,52-53,55,57,60H,13-22,28,32,34,38H2,1-12H3. The van der Waals surface area contributed by atoms with Gasteiger partial charge in [-0.1, -0.05) is 213 Å². The van der Waals surface area contributed by atoms with Crippen LogP contribution in [0.15, 0.2) is 137 Å². The van der Waals surface area contributed by atoms with Crippen molar-refractivity contribution in [2.75, 3.05) is 0 Å². The summed E-state index contributed by atoms with van der Waals surface area (Å²) in [6, 6.07) is 8.40. The van der Waals surface area contributed by atoms with Crippen molar-refractivity contribution >= 4 is 11.4 Å². The number of hydrogen-bond donors (Lipinski definition) is 0. The highest BCUT2D eigenvalue weighted by Crippen LogP contribution is 2.49. The third kappa shape index (κ3) is 10.2. The minimum absolute atomic E-state index is 0.117. The molecular weight excluding hydrogens is 821 g/mol. The number of rotatable bonds is 8. The molecule has 9 rings (SSSR count). The van der Waals surface area contributed by atoms with Crippen molar-refractivity contribution in [2.45, 2.75) is 191 Å². The van der Waals surface area contributed by atoms with E-state index in [9.17, 15) is 0 Å². The molecule has 0 bridgehead atoms. The molecule has 0 aromatic heterocycles. The Kier molecular flexibility index (Phi) is 13.9. The lowest BCUT2D eigenvalue weighted by molar-refractivity contribution is 0.286. The topological polar surface area (TPSA) is 6.48 Å². The van der Waals surface area contributed by atoms with Gasteiger partial charge in [-0.2, -0.15) is 0 Å². The highest BCUT2D eigenvalue weighted by Gasteiger charge is 2.42. The highest BCUT2D eigenvalue weighted by molar-refractivity contribution is 5.70. The van der Waals surface area contributed by atoms with Gasteiger partial charge < -0.3 is 9.80 Å². The molecule has 0 N–H and O–H groups in total. The quantitative estimate of drug-likeness (QED) is 0.256. The highest BCUT2D eigenvalue weighted by atomic mass is 15.2. The van der Waals surface area contributed by atoms with Crippen molar-refractivity contribution in [1.82, 2.24) is 9.80 Å². The van der Waals surface area contributed by atoms with Crippen molar-refractivity contribution < 1.29 is 0 Å². The maximum absolute atomic E-state index is 2.88. The van der Waals surface area contributed by atoms with Crippen LogP contribution in [0.2, 0.25) is 0 Å². The fourth-order valence-corrected chi connectivity index (χ4v) is 13.1. The van der Waals surface area contributed by atoms with E-state index in [1.165, 1.54) is 109 Å². The van der Waals surface area contributed by atoms with E-state index in [0.29, 0.717) is 23.7 Å². The zero-order valence-electron chi connectivity index (χ0n) is 44.8. The SMILES string of the molecule is CC(C)(C)C1=CCC(N(C2=CCC(C(C)(C)C)C=C2)C2=c3ccc(C4CCCCC4)cc3=C(N(C3=CCC(C(C)(C)C)C=C3)C3C=CC(C(C)(C)C)=CC3)C3C=CC(C4CCCCC4)=CC23)C=C1. The van der Waals surface area contributed by atoms with Gasteiger partial charge in [-0.25, -0.2) is 0 Å². The summed E-state index contributed by atoms with van der Waals surface area (Å²) < 4.78 is 0. The van der Waals surface area contributed by atoms with E-state index >= 15 is 0 Å². The first-order chi connectivity index (χ1) is 32.3. The van der Waals surface area contributed by atoms with E-state index in [0.717, 1.165) is 25.7 Å². The third-order valence-electron chi connectivity index (χ3n) is 17.6. The van der Waals surface area contributed by atoms with Crippen LogP contribution in [0.1, 0.15) is 184 Å². The van der Waals surface area contributed by atoms with Gasteiger partial charge in [0.1, 0.15) is 0 Å². The maximum atomic E-state index is 2.88. The molecule has 0 heterocycles. The van der Waals surface area contributed by atoms with Gasteiger partial charge in [0.15, 0.2) is 0 Å². The van der Waals surface area contributed by atoms with Crippen LogP contribution in [-0.4, -0.2) is 21.9 Å². The van der Waals surface area contributed by atoms with Crippen molar-refractivity contribution in [1.29, 1.82) is 0 Å². The van der Waals surface area contributed by atoms with Gasteiger partial charge in [0.2, 0.25) is 0 Å².